The lowest BCUT2D eigenvalue weighted by Gasteiger charge is -2.34. The van der Waals surface area contributed by atoms with Crippen LogP contribution in [0.15, 0.2) is 73.1 Å². The molecule has 0 saturated heterocycles. The van der Waals surface area contributed by atoms with E-state index in [-0.39, 0.29) is 6.61 Å². The third-order valence-electron chi connectivity index (χ3n) is 6.32. The molecular weight excluding hydrogens is 398 g/mol. The number of benzene rings is 3. The number of imidazole rings is 1. The molecule has 0 saturated carbocycles. The van der Waals surface area contributed by atoms with Crippen LogP contribution in [0.2, 0.25) is 0 Å². The Hall–Kier alpha value is -3.15. The van der Waals surface area contributed by atoms with Crippen molar-refractivity contribution in [3.05, 3.63) is 84.2 Å². The maximum atomic E-state index is 10.6. The highest BCUT2D eigenvalue weighted by atomic mass is 16.5. The summed E-state index contributed by atoms with van der Waals surface area (Å²) in [4.78, 5) is 6.71. The molecule has 2 atom stereocenters. The molecule has 0 amide bonds. The van der Waals surface area contributed by atoms with Gasteiger partial charge in [-0.25, -0.2) is 4.98 Å². The van der Waals surface area contributed by atoms with Crippen molar-refractivity contribution in [2.45, 2.75) is 25.5 Å². The Bertz CT molecular complexity index is 1230. The summed E-state index contributed by atoms with van der Waals surface area (Å²) in [5.74, 6) is 1.24. The number of aliphatic hydroxyl groups is 1. The van der Waals surface area contributed by atoms with E-state index in [4.69, 9.17) is 4.74 Å². The molecule has 1 N–H and O–H groups in total. The van der Waals surface area contributed by atoms with Gasteiger partial charge in [-0.1, -0.05) is 49.4 Å². The Labute approximate surface area is 188 Å². The average Bonchev–Trinajstić information content (AvgIpc) is 3.18. The lowest BCUT2D eigenvalue weighted by molar-refractivity contribution is 0.0610. The van der Waals surface area contributed by atoms with Gasteiger partial charge < -0.3 is 14.4 Å². The van der Waals surface area contributed by atoms with E-state index in [2.05, 4.69) is 59.3 Å². The van der Waals surface area contributed by atoms with Gasteiger partial charge in [0.25, 0.3) is 0 Å². The zero-order chi connectivity index (χ0) is 22.1. The van der Waals surface area contributed by atoms with Crippen LogP contribution >= 0.6 is 0 Å². The summed E-state index contributed by atoms with van der Waals surface area (Å²) in [6.45, 7) is 4.97. The number of β-amino-alcohol motifs (C(OH)–C–C–N with tert-alkyl or cyclic N) is 1. The van der Waals surface area contributed by atoms with E-state index in [0.29, 0.717) is 12.5 Å². The van der Waals surface area contributed by atoms with Crippen molar-refractivity contribution < 1.29 is 9.84 Å². The summed E-state index contributed by atoms with van der Waals surface area (Å²) in [5.41, 5.74) is 7.07. The minimum Gasteiger partial charge on any atom is -0.491 e. The molecule has 32 heavy (non-hydrogen) atoms. The van der Waals surface area contributed by atoms with Crippen LogP contribution in [0, 0.1) is 0 Å². The van der Waals surface area contributed by atoms with E-state index in [0.717, 1.165) is 41.0 Å². The highest BCUT2D eigenvalue weighted by Gasteiger charge is 2.23. The summed E-state index contributed by atoms with van der Waals surface area (Å²) in [6, 6.07) is 22.9. The van der Waals surface area contributed by atoms with Gasteiger partial charge in [0.2, 0.25) is 0 Å². The molecule has 5 heteroatoms. The first kappa shape index (κ1) is 20.7. The van der Waals surface area contributed by atoms with Crippen molar-refractivity contribution in [1.82, 2.24) is 14.5 Å². The Kier molecular flexibility index (Phi) is 5.68. The van der Waals surface area contributed by atoms with Crippen LogP contribution in [0.5, 0.6) is 5.75 Å². The normalized spacial score (nSPS) is 17.3. The predicted octanol–water partition coefficient (Wildman–Crippen LogP) is 4.60. The van der Waals surface area contributed by atoms with Crippen molar-refractivity contribution in [3.63, 3.8) is 0 Å². The molecule has 0 aliphatic carbocycles. The fourth-order valence-corrected chi connectivity index (χ4v) is 4.70. The molecule has 164 valence electrons. The Morgan fingerprint density at radius 1 is 1.06 bits per heavy atom. The molecule has 1 aliphatic heterocycles. The summed E-state index contributed by atoms with van der Waals surface area (Å²) >= 11 is 0. The second-order valence-corrected chi connectivity index (χ2v) is 8.85. The first-order chi connectivity index (χ1) is 15.6. The van der Waals surface area contributed by atoms with Crippen LogP contribution in [-0.4, -0.2) is 45.4 Å². The molecule has 0 radical (unpaired) electrons. The number of ether oxygens (including phenoxy) is 1. The van der Waals surface area contributed by atoms with E-state index in [1.54, 1.807) is 0 Å². The molecule has 2 heterocycles. The van der Waals surface area contributed by atoms with Gasteiger partial charge in [0.15, 0.2) is 0 Å². The number of aryl methyl sites for hydroxylation is 1. The third-order valence-corrected chi connectivity index (χ3v) is 6.32. The number of nitrogens with zero attached hydrogens (tertiary/aromatic N) is 3. The van der Waals surface area contributed by atoms with Gasteiger partial charge in [-0.05, 0) is 52.4 Å². The largest absolute Gasteiger partial charge is 0.491 e. The van der Waals surface area contributed by atoms with Gasteiger partial charge >= 0.3 is 0 Å². The molecule has 2 unspecified atom stereocenters. The number of rotatable bonds is 6. The Morgan fingerprint density at radius 3 is 2.81 bits per heavy atom. The van der Waals surface area contributed by atoms with Crippen molar-refractivity contribution in [3.8, 4) is 16.9 Å². The van der Waals surface area contributed by atoms with Crippen molar-refractivity contribution in [2.75, 3.05) is 19.7 Å². The van der Waals surface area contributed by atoms with Crippen LogP contribution in [0.4, 0.5) is 0 Å². The second-order valence-electron chi connectivity index (χ2n) is 8.85. The topological polar surface area (TPSA) is 50.5 Å². The fraction of sp³-hybridized carbons (Fsp3) is 0.296. The first-order valence-electron chi connectivity index (χ1n) is 11.2. The van der Waals surface area contributed by atoms with Crippen LogP contribution in [0.25, 0.3) is 22.2 Å². The van der Waals surface area contributed by atoms with E-state index in [1.807, 2.05) is 42.2 Å². The van der Waals surface area contributed by atoms with Crippen LogP contribution in [0.3, 0.4) is 0 Å². The highest BCUT2D eigenvalue weighted by molar-refractivity contribution is 5.82. The molecule has 5 nitrogen and oxygen atoms in total. The van der Waals surface area contributed by atoms with E-state index in [9.17, 15) is 5.11 Å². The Balaban J connectivity index is 1.22. The van der Waals surface area contributed by atoms with E-state index < -0.39 is 6.10 Å². The zero-order valence-corrected chi connectivity index (χ0v) is 18.6. The van der Waals surface area contributed by atoms with Gasteiger partial charge in [0, 0.05) is 26.7 Å². The van der Waals surface area contributed by atoms with Gasteiger partial charge in [-0.2, -0.15) is 0 Å². The van der Waals surface area contributed by atoms with E-state index in [1.165, 1.54) is 11.1 Å². The first-order valence-corrected chi connectivity index (χ1v) is 11.2. The maximum absolute atomic E-state index is 10.6. The quantitative estimate of drug-likeness (QED) is 0.489. The number of aromatic nitrogens is 2. The Morgan fingerprint density at radius 2 is 1.91 bits per heavy atom. The van der Waals surface area contributed by atoms with Crippen molar-refractivity contribution >= 4 is 11.0 Å². The molecule has 1 aromatic heterocycles. The summed E-state index contributed by atoms with van der Waals surface area (Å²) in [6.07, 6.45) is 1.29. The fourth-order valence-electron chi connectivity index (χ4n) is 4.70. The maximum Gasteiger partial charge on any atom is 0.120 e. The SMILES string of the molecule is CC1CN(CC(O)COc2cccc(-c3ccc4ncn(C)c4c3)c2)Cc2ccccc21. The standard InChI is InChI=1S/C27H29N3O2/c1-19-14-30(15-22-6-3-4-9-25(19)22)16-23(31)17-32-24-8-5-7-20(12-24)21-10-11-26-27(13-21)29(2)18-28-26/h3-13,18-19,23,31H,14-17H2,1-2H3. The van der Waals surface area contributed by atoms with Crippen molar-refractivity contribution in [2.24, 2.45) is 7.05 Å². The molecule has 5 rings (SSSR count). The summed E-state index contributed by atoms with van der Waals surface area (Å²) in [5, 5.41) is 10.6. The summed E-state index contributed by atoms with van der Waals surface area (Å²) < 4.78 is 7.99. The number of fused-ring (bicyclic) bond motifs is 2. The van der Waals surface area contributed by atoms with Gasteiger partial charge in [0.05, 0.1) is 17.4 Å². The summed E-state index contributed by atoms with van der Waals surface area (Å²) in [7, 11) is 2.00. The lowest BCUT2D eigenvalue weighted by atomic mass is 9.91. The molecule has 0 bridgehead atoms. The molecule has 3 aromatic carbocycles. The third kappa shape index (κ3) is 4.27. The number of hydrogen-bond acceptors (Lipinski definition) is 4. The average molecular weight is 428 g/mol. The molecular formula is C27H29N3O2. The minimum atomic E-state index is -0.540. The second kappa shape index (κ2) is 8.77. The van der Waals surface area contributed by atoms with Gasteiger partial charge in [0.1, 0.15) is 18.5 Å². The van der Waals surface area contributed by atoms with Crippen LogP contribution < -0.4 is 4.74 Å². The van der Waals surface area contributed by atoms with Crippen LogP contribution in [0.1, 0.15) is 24.0 Å². The molecule has 0 fully saturated rings. The minimum absolute atomic E-state index is 0.275. The van der Waals surface area contributed by atoms with Crippen LogP contribution in [-0.2, 0) is 13.6 Å². The van der Waals surface area contributed by atoms with Crippen molar-refractivity contribution in [1.29, 1.82) is 0 Å². The highest BCUT2D eigenvalue weighted by Crippen LogP contribution is 2.29. The lowest BCUT2D eigenvalue weighted by Crippen LogP contribution is -2.39. The predicted molar refractivity (Wildman–Crippen MR) is 128 cm³/mol. The monoisotopic (exact) mass is 427 g/mol. The smallest absolute Gasteiger partial charge is 0.120 e. The number of hydrogen-bond donors (Lipinski definition) is 1. The van der Waals surface area contributed by atoms with Gasteiger partial charge in [-0.15, -0.1) is 0 Å². The van der Waals surface area contributed by atoms with Gasteiger partial charge in [-0.3, -0.25) is 4.90 Å². The molecule has 4 aromatic rings. The number of aliphatic hydroxyl groups excluding tert-OH is 1. The molecule has 1 aliphatic rings. The van der Waals surface area contributed by atoms with E-state index >= 15 is 0 Å². The zero-order valence-electron chi connectivity index (χ0n) is 18.6. The molecule has 0 spiro atoms.